The summed E-state index contributed by atoms with van der Waals surface area (Å²) in [4.78, 5) is 4.84. The molecular formula is C15H15Cl2NZr. The summed E-state index contributed by atoms with van der Waals surface area (Å²) in [7, 11) is 0. The Kier molecular flexibility index (Phi) is 7.51. The van der Waals surface area contributed by atoms with E-state index in [0.717, 1.165) is 5.71 Å². The Hall–Kier alpha value is -0.167. The first-order valence-corrected chi connectivity index (χ1v) is 5.76. The standard InChI is InChI=1S/C15H15N.2ClH.Zr/c1-10(2)14-12-8-5-9-13(12)16-15(14)11-6-3-4-7-11;;;/h3-9,11,15H,1-2H3;2*1H;/q;;;+2/p-2. The van der Waals surface area contributed by atoms with Crippen molar-refractivity contribution in [1.82, 2.24) is 0 Å². The van der Waals surface area contributed by atoms with Crippen molar-refractivity contribution in [2.45, 2.75) is 19.9 Å². The Labute approximate surface area is 146 Å². The summed E-state index contributed by atoms with van der Waals surface area (Å²) in [6.45, 7) is 4.37. The van der Waals surface area contributed by atoms with Crippen molar-refractivity contribution in [3.8, 4) is 0 Å². The monoisotopic (exact) mass is 369 g/mol. The molecule has 19 heavy (non-hydrogen) atoms. The third kappa shape index (κ3) is 3.30. The van der Waals surface area contributed by atoms with Crippen LogP contribution in [0.2, 0.25) is 0 Å². The first kappa shape index (κ1) is 18.8. The summed E-state index contributed by atoms with van der Waals surface area (Å²) in [5, 5.41) is 0. The number of nitrogens with zero attached hydrogens (tertiary/aromatic N) is 1. The molecule has 0 aromatic carbocycles. The van der Waals surface area contributed by atoms with Crippen molar-refractivity contribution in [2.24, 2.45) is 10.9 Å². The molecule has 3 rings (SSSR count). The van der Waals surface area contributed by atoms with Crippen LogP contribution in [0.25, 0.3) is 0 Å². The molecule has 1 heterocycles. The number of fused-ring (bicyclic) bond motifs is 1. The summed E-state index contributed by atoms with van der Waals surface area (Å²) in [6, 6.07) is 0.297. The second-order valence-corrected chi connectivity index (χ2v) is 4.66. The van der Waals surface area contributed by atoms with Gasteiger partial charge in [-0.3, -0.25) is 4.99 Å². The van der Waals surface area contributed by atoms with E-state index >= 15 is 0 Å². The van der Waals surface area contributed by atoms with Crippen LogP contribution >= 0.6 is 0 Å². The summed E-state index contributed by atoms with van der Waals surface area (Å²) < 4.78 is 0. The maximum atomic E-state index is 4.84. The van der Waals surface area contributed by atoms with Gasteiger partial charge in [0, 0.05) is 11.5 Å². The third-order valence-electron chi connectivity index (χ3n) is 3.34. The van der Waals surface area contributed by atoms with Crippen molar-refractivity contribution >= 4 is 5.71 Å². The summed E-state index contributed by atoms with van der Waals surface area (Å²) in [6.07, 6.45) is 15.1. The van der Waals surface area contributed by atoms with Crippen LogP contribution in [0.4, 0.5) is 0 Å². The normalized spacial score (nSPS) is 22.2. The zero-order chi connectivity index (χ0) is 11.1. The minimum Gasteiger partial charge on any atom is -1.00 e. The Balaban J connectivity index is 0.00000108. The van der Waals surface area contributed by atoms with Gasteiger partial charge in [-0.25, -0.2) is 0 Å². The van der Waals surface area contributed by atoms with E-state index < -0.39 is 0 Å². The van der Waals surface area contributed by atoms with E-state index in [0.29, 0.717) is 12.0 Å². The van der Waals surface area contributed by atoms with E-state index in [1.807, 2.05) is 0 Å². The van der Waals surface area contributed by atoms with Crippen molar-refractivity contribution in [1.29, 1.82) is 0 Å². The second-order valence-electron chi connectivity index (χ2n) is 4.66. The summed E-state index contributed by atoms with van der Waals surface area (Å²) in [5.74, 6) is 0.442. The minimum absolute atomic E-state index is 0. The molecule has 4 heteroatoms. The predicted molar refractivity (Wildman–Crippen MR) is 68.6 cm³/mol. The van der Waals surface area contributed by atoms with E-state index in [4.69, 9.17) is 4.99 Å². The van der Waals surface area contributed by atoms with Crippen LogP contribution in [0.3, 0.4) is 0 Å². The Morgan fingerprint density at radius 3 is 2.26 bits per heavy atom. The molecule has 3 aliphatic rings. The Morgan fingerprint density at radius 2 is 1.68 bits per heavy atom. The molecule has 2 aliphatic carbocycles. The van der Waals surface area contributed by atoms with E-state index in [9.17, 15) is 0 Å². The van der Waals surface area contributed by atoms with Gasteiger partial charge in [-0.15, -0.1) is 0 Å². The molecule has 1 unspecified atom stereocenters. The van der Waals surface area contributed by atoms with Crippen molar-refractivity contribution in [3.63, 3.8) is 0 Å². The predicted octanol–water partition coefficient (Wildman–Crippen LogP) is -2.61. The maximum absolute atomic E-state index is 4.84. The van der Waals surface area contributed by atoms with Crippen molar-refractivity contribution in [3.05, 3.63) is 59.3 Å². The number of rotatable bonds is 1. The molecule has 0 fully saturated rings. The van der Waals surface area contributed by atoms with Gasteiger partial charge >= 0.3 is 26.2 Å². The van der Waals surface area contributed by atoms with E-state index in [1.165, 1.54) is 16.7 Å². The van der Waals surface area contributed by atoms with Crippen LogP contribution in [-0.4, -0.2) is 11.8 Å². The Morgan fingerprint density at radius 1 is 1.05 bits per heavy atom. The van der Waals surface area contributed by atoms with Gasteiger partial charge < -0.3 is 24.8 Å². The molecule has 98 valence electrons. The topological polar surface area (TPSA) is 12.4 Å². The van der Waals surface area contributed by atoms with Crippen LogP contribution in [0.1, 0.15) is 13.8 Å². The van der Waals surface area contributed by atoms with Crippen molar-refractivity contribution in [2.75, 3.05) is 0 Å². The van der Waals surface area contributed by atoms with Gasteiger partial charge in [0.15, 0.2) is 0 Å². The third-order valence-corrected chi connectivity index (χ3v) is 3.34. The maximum Gasteiger partial charge on any atom is 2.00 e. The fraction of sp³-hybridized carbons (Fsp3) is 0.267. The molecular weight excluding hydrogens is 356 g/mol. The Bertz CT molecular complexity index is 508. The number of hydrogen-bond donors (Lipinski definition) is 0. The SMILES string of the molecule is CC(C)=C1C2=CC=CC2=NC1C1C=CC=C1.[Cl-].[Cl-].[Zr+2]. The fourth-order valence-corrected chi connectivity index (χ4v) is 2.63. The van der Waals surface area contributed by atoms with Gasteiger partial charge in [0.1, 0.15) is 0 Å². The molecule has 0 bridgehead atoms. The first-order chi connectivity index (χ1) is 7.77. The number of allylic oxidation sites excluding steroid dienone is 6. The molecule has 0 aromatic rings. The molecule has 0 aromatic heterocycles. The van der Waals surface area contributed by atoms with Gasteiger partial charge in [-0.1, -0.05) is 42.0 Å². The molecule has 0 amide bonds. The van der Waals surface area contributed by atoms with Crippen LogP contribution in [0.15, 0.2) is 64.2 Å². The van der Waals surface area contributed by atoms with Crippen molar-refractivity contribution < 1.29 is 51.0 Å². The van der Waals surface area contributed by atoms with Crippen LogP contribution in [0.5, 0.6) is 0 Å². The second kappa shape index (κ2) is 7.57. The van der Waals surface area contributed by atoms with Crippen LogP contribution < -0.4 is 24.8 Å². The summed E-state index contributed by atoms with van der Waals surface area (Å²) >= 11 is 0. The molecule has 1 atom stereocenters. The van der Waals surface area contributed by atoms with Gasteiger partial charge in [0.25, 0.3) is 0 Å². The van der Waals surface area contributed by atoms with Gasteiger partial charge in [0.2, 0.25) is 0 Å². The zero-order valence-corrected chi connectivity index (χ0v) is 14.9. The average Bonchev–Trinajstić information content (AvgIpc) is 2.92. The first-order valence-electron chi connectivity index (χ1n) is 5.76. The van der Waals surface area contributed by atoms with Gasteiger partial charge in [-0.2, -0.15) is 0 Å². The van der Waals surface area contributed by atoms with Crippen LogP contribution in [-0.2, 0) is 26.2 Å². The molecule has 0 N–H and O–H groups in total. The number of halogens is 2. The van der Waals surface area contributed by atoms with Crippen LogP contribution in [0, 0.1) is 5.92 Å². The smallest absolute Gasteiger partial charge is 1.00 e. The van der Waals surface area contributed by atoms with Gasteiger partial charge in [-0.05, 0) is 25.5 Å². The summed E-state index contributed by atoms with van der Waals surface area (Å²) in [5.41, 5.74) is 5.29. The minimum atomic E-state index is 0. The number of aliphatic imine (C=N–C) groups is 1. The largest absolute Gasteiger partial charge is 2.00 e. The van der Waals surface area contributed by atoms with E-state index in [2.05, 4.69) is 56.4 Å². The molecule has 0 spiro atoms. The molecule has 0 radical (unpaired) electrons. The zero-order valence-electron chi connectivity index (χ0n) is 10.9. The number of hydrogen-bond acceptors (Lipinski definition) is 1. The van der Waals surface area contributed by atoms with E-state index in [-0.39, 0.29) is 51.0 Å². The quantitative estimate of drug-likeness (QED) is 0.479. The molecule has 1 nitrogen and oxygen atoms in total. The molecule has 1 aliphatic heterocycles. The molecule has 0 saturated heterocycles. The van der Waals surface area contributed by atoms with Gasteiger partial charge in [0.05, 0.1) is 11.8 Å². The average molecular weight is 371 g/mol. The molecule has 0 saturated carbocycles. The fourth-order valence-electron chi connectivity index (χ4n) is 2.63. The van der Waals surface area contributed by atoms with E-state index in [1.54, 1.807) is 0 Å².